The molecule has 0 N–H and O–H groups in total. The highest BCUT2D eigenvalue weighted by atomic mass is 16.5. The van der Waals surface area contributed by atoms with Gasteiger partial charge >= 0.3 is 11.9 Å². The predicted molar refractivity (Wildman–Crippen MR) is 92.9 cm³/mol. The van der Waals surface area contributed by atoms with Gasteiger partial charge in [0.15, 0.2) is 0 Å². The molecule has 1 aromatic rings. The number of hydrogen-bond donors (Lipinski definition) is 0. The van der Waals surface area contributed by atoms with Crippen LogP contribution in [-0.2, 0) is 14.3 Å². The number of carbonyl (C=O) groups is 2. The Morgan fingerprint density at radius 2 is 1.58 bits per heavy atom. The topological polar surface area (TPSA) is 52.6 Å². The summed E-state index contributed by atoms with van der Waals surface area (Å²) in [6.07, 6.45) is 5.15. The number of ether oxygens (including phenoxy) is 2. The van der Waals surface area contributed by atoms with E-state index in [1.54, 1.807) is 0 Å². The van der Waals surface area contributed by atoms with Crippen molar-refractivity contribution in [3.05, 3.63) is 29.3 Å². The minimum absolute atomic E-state index is 0.245. The Morgan fingerprint density at radius 1 is 1.00 bits per heavy atom. The van der Waals surface area contributed by atoms with Crippen LogP contribution in [0.1, 0.15) is 56.6 Å². The summed E-state index contributed by atoms with van der Waals surface area (Å²) in [5.41, 5.74) is 2.11. The lowest BCUT2D eigenvalue weighted by molar-refractivity contribution is -0.158. The molecule has 2 atom stereocenters. The minimum Gasteiger partial charge on any atom is -0.465 e. The summed E-state index contributed by atoms with van der Waals surface area (Å²) in [6.45, 7) is 6.43. The molecule has 132 valence electrons. The quantitative estimate of drug-likeness (QED) is 0.441. The van der Waals surface area contributed by atoms with Crippen LogP contribution < -0.4 is 4.74 Å². The van der Waals surface area contributed by atoms with Crippen LogP contribution >= 0.6 is 0 Å². The van der Waals surface area contributed by atoms with Crippen molar-refractivity contribution in [3.8, 4) is 5.75 Å². The zero-order valence-electron chi connectivity index (χ0n) is 15.0. The van der Waals surface area contributed by atoms with E-state index < -0.39 is 5.92 Å². The molecule has 2 unspecified atom stereocenters. The molecular formula is C20H28O4. The van der Waals surface area contributed by atoms with E-state index in [1.807, 2.05) is 32.0 Å². The molecule has 0 amide bonds. The molecule has 0 spiro atoms. The van der Waals surface area contributed by atoms with Crippen LogP contribution in [0, 0.1) is 25.7 Å². The SMILES string of the molecule is CCCCOC(=O)C1CCCCC1C(=O)Oc1cc(C)cc(C)c1. The molecule has 1 aromatic carbocycles. The molecule has 1 aliphatic rings. The molecular weight excluding hydrogens is 304 g/mol. The van der Waals surface area contributed by atoms with E-state index in [9.17, 15) is 9.59 Å². The summed E-state index contributed by atoms with van der Waals surface area (Å²) in [6, 6.07) is 5.73. The summed E-state index contributed by atoms with van der Waals surface area (Å²) in [5, 5.41) is 0. The zero-order valence-corrected chi connectivity index (χ0v) is 15.0. The average Bonchev–Trinajstić information content (AvgIpc) is 2.54. The van der Waals surface area contributed by atoms with Crippen molar-refractivity contribution in [2.75, 3.05) is 6.61 Å². The third-order valence-electron chi connectivity index (χ3n) is 4.53. The molecule has 2 rings (SSSR count). The summed E-state index contributed by atoms with van der Waals surface area (Å²) in [4.78, 5) is 24.9. The molecule has 0 heterocycles. The van der Waals surface area contributed by atoms with E-state index in [1.165, 1.54) is 0 Å². The van der Waals surface area contributed by atoms with Gasteiger partial charge in [-0.3, -0.25) is 9.59 Å². The van der Waals surface area contributed by atoms with Crippen molar-refractivity contribution >= 4 is 11.9 Å². The maximum atomic E-state index is 12.6. The summed E-state index contributed by atoms with van der Waals surface area (Å²) in [7, 11) is 0. The second kappa shape index (κ2) is 8.86. The lowest BCUT2D eigenvalue weighted by atomic mass is 9.79. The van der Waals surface area contributed by atoms with Gasteiger partial charge in [0.05, 0.1) is 18.4 Å². The van der Waals surface area contributed by atoms with E-state index in [4.69, 9.17) is 9.47 Å². The number of esters is 2. The summed E-state index contributed by atoms with van der Waals surface area (Å²) in [5.74, 6) is -0.758. The lowest BCUT2D eigenvalue weighted by Gasteiger charge is -2.28. The normalized spacial score (nSPS) is 20.5. The van der Waals surface area contributed by atoms with E-state index in [0.29, 0.717) is 25.2 Å². The second-order valence-electron chi connectivity index (χ2n) is 6.76. The van der Waals surface area contributed by atoms with Crippen LogP contribution in [0.15, 0.2) is 18.2 Å². The Kier molecular flexibility index (Phi) is 6.83. The fraction of sp³-hybridized carbons (Fsp3) is 0.600. The Morgan fingerprint density at radius 3 is 2.17 bits per heavy atom. The predicted octanol–water partition coefficient (Wildman–Crippen LogP) is 4.36. The van der Waals surface area contributed by atoms with Gasteiger partial charge in [0.25, 0.3) is 0 Å². The highest BCUT2D eigenvalue weighted by Crippen LogP contribution is 2.32. The van der Waals surface area contributed by atoms with Crippen LogP contribution in [-0.4, -0.2) is 18.5 Å². The third-order valence-corrected chi connectivity index (χ3v) is 4.53. The largest absolute Gasteiger partial charge is 0.465 e. The van der Waals surface area contributed by atoms with Gasteiger partial charge in [-0.15, -0.1) is 0 Å². The van der Waals surface area contributed by atoms with Gasteiger partial charge in [0.1, 0.15) is 5.75 Å². The zero-order chi connectivity index (χ0) is 17.5. The molecule has 1 fully saturated rings. The van der Waals surface area contributed by atoms with E-state index in [-0.39, 0.29) is 17.9 Å². The molecule has 0 bridgehead atoms. The van der Waals surface area contributed by atoms with E-state index in [0.717, 1.165) is 36.8 Å². The first-order chi connectivity index (χ1) is 11.5. The first-order valence-corrected chi connectivity index (χ1v) is 8.98. The van der Waals surface area contributed by atoms with E-state index in [2.05, 4.69) is 6.92 Å². The van der Waals surface area contributed by atoms with E-state index >= 15 is 0 Å². The number of carbonyl (C=O) groups excluding carboxylic acids is 2. The van der Waals surface area contributed by atoms with Crippen LogP contribution in [0.2, 0.25) is 0 Å². The van der Waals surface area contributed by atoms with Crippen LogP contribution in [0.4, 0.5) is 0 Å². The van der Waals surface area contributed by atoms with Crippen molar-refractivity contribution in [1.29, 1.82) is 0 Å². The molecule has 0 radical (unpaired) electrons. The smallest absolute Gasteiger partial charge is 0.315 e. The number of rotatable bonds is 6. The van der Waals surface area contributed by atoms with Crippen molar-refractivity contribution in [2.24, 2.45) is 11.8 Å². The van der Waals surface area contributed by atoms with Crippen LogP contribution in [0.3, 0.4) is 0 Å². The molecule has 1 aliphatic carbocycles. The summed E-state index contributed by atoms with van der Waals surface area (Å²) >= 11 is 0. The van der Waals surface area contributed by atoms with Gasteiger partial charge in [0, 0.05) is 0 Å². The first-order valence-electron chi connectivity index (χ1n) is 8.98. The standard InChI is InChI=1S/C20H28O4/c1-4-5-10-23-19(21)17-8-6-7-9-18(17)20(22)24-16-12-14(2)11-15(3)13-16/h11-13,17-18H,4-10H2,1-3H3. The number of hydrogen-bond acceptors (Lipinski definition) is 4. The Bertz CT molecular complexity index is 559. The van der Waals surface area contributed by atoms with Crippen molar-refractivity contribution in [1.82, 2.24) is 0 Å². The molecule has 4 heteroatoms. The van der Waals surface area contributed by atoms with Gasteiger partial charge in [-0.1, -0.05) is 32.3 Å². The van der Waals surface area contributed by atoms with Crippen molar-refractivity contribution in [3.63, 3.8) is 0 Å². The average molecular weight is 332 g/mol. The Hall–Kier alpha value is -1.84. The van der Waals surface area contributed by atoms with Crippen LogP contribution in [0.5, 0.6) is 5.75 Å². The van der Waals surface area contributed by atoms with Crippen LogP contribution in [0.25, 0.3) is 0 Å². The highest BCUT2D eigenvalue weighted by Gasteiger charge is 2.38. The molecule has 1 saturated carbocycles. The molecule has 0 saturated heterocycles. The Balaban J connectivity index is 2.03. The first kappa shape index (κ1) is 18.5. The monoisotopic (exact) mass is 332 g/mol. The maximum Gasteiger partial charge on any atom is 0.315 e. The lowest BCUT2D eigenvalue weighted by Crippen LogP contribution is -2.36. The van der Waals surface area contributed by atoms with Gasteiger partial charge in [-0.05, 0) is 56.4 Å². The molecule has 0 aromatic heterocycles. The minimum atomic E-state index is -0.395. The van der Waals surface area contributed by atoms with Crippen molar-refractivity contribution in [2.45, 2.75) is 59.3 Å². The maximum absolute atomic E-state index is 12.6. The molecule has 0 aliphatic heterocycles. The van der Waals surface area contributed by atoms with Gasteiger partial charge in [-0.25, -0.2) is 0 Å². The number of aryl methyl sites for hydroxylation is 2. The van der Waals surface area contributed by atoms with Gasteiger partial charge in [-0.2, -0.15) is 0 Å². The van der Waals surface area contributed by atoms with Gasteiger partial charge < -0.3 is 9.47 Å². The van der Waals surface area contributed by atoms with Crippen molar-refractivity contribution < 1.29 is 19.1 Å². The summed E-state index contributed by atoms with van der Waals surface area (Å²) < 4.78 is 10.9. The Labute approximate surface area is 144 Å². The van der Waals surface area contributed by atoms with Gasteiger partial charge in [0.2, 0.25) is 0 Å². The second-order valence-corrected chi connectivity index (χ2v) is 6.76. The number of unbranched alkanes of at least 4 members (excludes halogenated alkanes) is 1. The third kappa shape index (κ3) is 5.08. The fourth-order valence-corrected chi connectivity index (χ4v) is 3.30. The molecule has 24 heavy (non-hydrogen) atoms. The molecule has 4 nitrogen and oxygen atoms in total. The number of benzene rings is 1. The highest BCUT2D eigenvalue weighted by molar-refractivity contribution is 5.83. The fourth-order valence-electron chi connectivity index (χ4n) is 3.30.